The average molecular weight is 256 g/mol. The van der Waals surface area contributed by atoms with E-state index in [0.717, 1.165) is 24.2 Å². The molecule has 1 aromatic heterocycles. The van der Waals surface area contributed by atoms with Gasteiger partial charge in [-0.15, -0.1) is 0 Å². The molecule has 1 aliphatic rings. The van der Waals surface area contributed by atoms with Crippen LogP contribution < -0.4 is 5.32 Å². The minimum Gasteiger partial charge on any atom is -0.364 e. The molecule has 1 unspecified atom stereocenters. The van der Waals surface area contributed by atoms with Crippen LogP contribution in [-0.4, -0.2) is 17.7 Å². The molecule has 0 radical (unpaired) electrons. The summed E-state index contributed by atoms with van der Waals surface area (Å²) in [7, 11) is 0. The molecule has 1 atom stereocenters. The third-order valence-corrected chi connectivity index (χ3v) is 3.82. The van der Waals surface area contributed by atoms with Gasteiger partial charge >= 0.3 is 0 Å². The summed E-state index contributed by atoms with van der Waals surface area (Å²) in [6.07, 6.45) is 8.02. The topological polar surface area (TPSA) is 38.1 Å². The molecule has 100 valence electrons. The van der Waals surface area contributed by atoms with Gasteiger partial charge in [-0.25, -0.2) is 0 Å². The van der Waals surface area contributed by atoms with Crippen LogP contribution in [0.15, 0.2) is 41.1 Å². The van der Waals surface area contributed by atoms with Crippen molar-refractivity contribution in [1.29, 1.82) is 0 Å². The van der Waals surface area contributed by atoms with Gasteiger partial charge in [-0.1, -0.05) is 48.3 Å². The van der Waals surface area contributed by atoms with Gasteiger partial charge in [0, 0.05) is 17.2 Å². The fourth-order valence-corrected chi connectivity index (χ4v) is 2.78. The number of aromatic nitrogens is 1. The Morgan fingerprint density at radius 1 is 1.16 bits per heavy atom. The summed E-state index contributed by atoms with van der Waals surface area (Å²) in [5.74, 6) is 0. The van der Waals surface area contributed by atoms with Crippen LogP contribution in [0.1, 0.15) is 31.2 Å². The molecule has 1 aliphatic heterocycles. The SMILES string of the molecule is c1ccc(-c2nocc2CC2CCCCCN2)cc1. The van der Waals surface area contributed by atoms with Crippen molar-refractivity contribution < 1.29 is 4.52 Å². The maximum atomic E-state index is 5.20. The Morgan fingerprint density at radius 2 is 2.05 bits per heavy atom. The van der Waals surface area contributed by atoms with Crippen molar-refractivity contribution in [2.45, 2.75) is 38.1 Å². The zero-order valence-electron chi connectivity index (χ0n) is 11.1. The molecular weight excluding hydrogens is 236 g/mol. The van der Waals surface area contributed by atoms with Gasteiger partial charge in [0.2, 0.25) is 0 Å². The Balaban J connectivity index is 1.76. The number of nitrogens with zero attached hydrogens (tertiary/aromatic N) is 1. The molecule has 1 aromatic carbocycles. The molecule has 3 nitrogen and oxygen atoms in total. The highest BCUT2D eigenvalue weighted by Crippen LogP contribution is 2.24. The van der Waals surface area contributed by atoms with Gasteiger partial charge in [0.25, 0.3) is 0 Å². The van der Waals surface area contributed by atoms with Gasteiger partial charge < -0.3 is 9.84 Å². The predicted octanol–water partition coefficient (Wildman–Crippen LogP) is 3.42. The Hall–Kier alpha value is -1.61. The molecule has 2 aromatic rings. The minimum absolute atomic E-state index is 0.560. The zero-order chi connectivity index (χ0) is 12.9. The molecule has 2 heterocycles. The molecule has 0 saturated carbocycles. The van der Waals surface area contributed by atoms with E-state index in [1.807, 2.05) is 18.2 Å². The highest BCUT2D eigenvalue weighted by atomic mass is 16.5. The zero-order valence-corrected chi connectivity index (χ0v) is 11.1. The fraction of sp³-hybridized carbons (Fsp3) is 0.438. The summed E-state index contributed by atoms with van der Waals surface area (Å²) in [4.78, 5) is 0. The Kier molecular flexibility index (Phi) is 3.94. The third-order valence-electron chi connectivity index (χ3n) is 3.82. The Labute approximate surface area is 114 Å². The van der Waals surface area contributed by atoms with Crippen LogP contribution in [0.3, 0.4) is 0 Å². The van der Waals surface area contributed by atoms with Gasteiger partial charge in [-0.2, -0.15) is 0 Å². The summed E-state index contributed by atoms with van der Waals surface area (Å²) < 4.78 is 5.20. The molecule has 3 heteroatoms. The van der Waals surface area contributed by atoms with Gasteiger partial charge in [0.05, 0.1) is 0 Å². The molecule has 0 bridgehead atoms. The summed E-state index contributed by atoms with van der Waals surface area (Å²) >= 11 is 0. The van der Waals surface area contributed by atoms with E-state index in [0.29, 0.717) is 6.04 Å². The first-order valence-electron chi connectivity index (χ1n) is 7.15. The Bertz CT molecular complexity index is 498. The number of nitrogens with one attached hydrogen (secondary N) is 1. The van der Waals surface area contributed by atoms with Crippen LogP contribution in [0.25, 0.3) is 11.3 Å². The Morgan fingerprint density at radius 3 is 2.95 bits per heavy atom. The van der Waals surface area contributed by atoms with Gasteiger partial charge in [-0.3, -0.25) is 0 Å². The lowest BCUT2D eigenvalue weighted by molar-refractivity contribution is 0.419. The molecule has 19 heavy (non-hydrogen) atoms. The van der Waals surface area contributed by atoms with Crippen LogP contribution in [-0.2, 0) is 6.42 Å². The normalized spacial score (nSPS) is 20.1. The minimum atomic E-state index is 0.560. The molecule has 0 amide bonds. The maximum Gasteiger partial charge on any atom is 0.127 e. The predicted molar refractivity (Wildman–Crippen MR) is 75.9 cm³/mol. The molecule has 0 spiro atoms. The van der Waals surface area contributed by atoms with E-state index in [1.54, 1.807) is 6.26 Å². The summed E-state index contributed by atoms with van der Waals surface area (Å²) in [6, 6.07) is 10.8. The second-order valence-corrected chi connectivity index (χ2v) is 5.26. The lowest BCUT2D eigenvalue weighted by Gasteiger charge is -2.14. The van der Waals surface area contributed by atoms with E-state index < -0.39 is 0 Å². The van der Waals surface area contributed by atoms with Gasteiger partial charge in [0.15, 0.2) is 0 Å². The number of hydrogen-bond acceptors (Lipinski definition) is 3. The van der Waals surface area contributed by atoms with E-state index in [1.165, 1.54) is 31.2 Å². The number of hydrogen-bond donors (Lipinski definition) is 1. The van der Waals surface area contributed by atoms with Crippen LogP contribution in [0.4, 0.5) is 0 Å². The smallest absolute Gasteiger partial charge is 0.127 e. The molecule has 3 rings (SSSR count). The van der Waals surface area contributed by atoms with Crippen LogP contribution in [0.2, 0.25) is 0 Å². The van der Waals surface area contributed by atoms with Crippen LogP contribution >= 0.6 is 0 Å². The van der Waals surface area contributed by atoms with Crippen molar-refractivity contribution in [2.24, 2.45) is 0 Å². The first-order valence-corrected chi connectivity index (χ1v) is 7.15. The van der Waals surface area contributed by atoms with Crippen molar-refractivity contribution in [1.82, 2.24) is 10.5 Å². The molecule has 0 aliphatic carbocycles. The lowest BCUT2D eigenvalue weighted by Crippen LogP contribution is -2.30. The monoisotopic (exact) mass is 256 g/mol. The molecule has 1 saturated heterocycles. The fourth-order valence-electron chi connectivity index (χ4n) is 2.78. The summed E-state index contributed by atoms with van der Waals surface area (Å²) in [5.41, 5.74) is 3.34. The van der Waals surface area contributed by atoms with E-state index >= 15 is 0 Å². The van der Waals surface area contributed by atoms with Crippen LogP contribution in [0.5, 0.6) is 0 Å². The van der Waals surface area contributed by atoms with Crippen molar-refractivity contribution in [3.8, 4) is 11.3 Å². The second-order valence-electron chi connectivity index (χ2n) is 5.26. The van der Waals surface area contributed by atoms with Crippen molar-refractivity contribution in [3.63, 3.8) is 0 Å². The highest BCUT2D eigenvalue weighted by molar-refractivity contribution is 5.62. The third kappa shape index (κ3) is 3.04. The van der Waals surface area contributed by atoms with Gasteiger partial charge in [0.1, 0.15) is 12.0 Å². The first kappa shape index (κ1) is 12.4. The number of benzene rings is 1. The van der Waals surface area contributed by atoms with Crippen molar-refractivity contribution in [2.75, 3.05) is 6.54 Å². The number of rotatable bonds is 3. The van der Waals surface area contributed by atoms with E-state index in [2.05, 4.69) is 22.6 Å². The second kappa shape index (κ2) is 6.02. The quantitative estimate of drug-likeness (QED) is 0.914. The standard InChI is InChI=1S/C16H20N2O/c1-3-7-13(8-4-1)16-14(12-19-18-16)11-15-9-5-2-6-10-17-15/h1,3-4,7-8,12,15,17H,2,5-6,9-11H2. The van der Waals surface area contributed by atoms with Crippen molar-refractivity contribution in [3.05, 3.63) is 42.2 Å². The summed E-state index contributed by atoms with van der Waals surface area (Å²) in [5, 5.41) is 7.80. The van der Waals surface area contributed by atoms with E-state index in [4.69, 9.17) is 4.52 Å². The maximum absolute atomic E-state index is 5.20. The van der Waals surface area contributed by atoms with E-state index in [9.17, 15) is 0 Å². The van der Waals surface area contributed by atoms with Crippen LogP contribution in [0, 0.1) is 0 Å². The van der Waals surface area contributed by atoms with E-state index in [-0.39, 0.29) is 0 Å². The lowest BCUT2D eigenvalue weighted by atomic mass is 9.99. The van der Waals surface area contributed by atoms with Crippen molar-refractivity contribution >= 4 is 0 Å². The highest BCUT2D eigenvalue weighted by Gasteiger charge is 2.17. The van der Waals surface area contributed by atoms with Gasteiger partial charge in [-0.05, 0) is 25.8 Å². The molecule has 1 fully saturated rings. The molecular formula is C16H20N2O. The summed E-state index contributed by atoms with van der Waals surface area (Å²) in [6.45, 7) is 1.14. The first-order chi connectivity index (χ1) is 9.43. The largest absolute Gasteiger partial charge is 0.364 e. The molecule has 1 N–H and O–H groups in total. The average Bonchev–Trinajstić information content (AvgIpc) is 2.75.